The number of Topliss-reactive ketones (excluding diaryl/α,β-unsaturated/α-hetero) is 1. The Morgan fingerprint density at radius 3 is 2.48 bits per heavy atom. The summed E-state index contributed by atoms with van der Waals surface area (Å²) in [5, 5.41) is 8.69. The van der Waals surface area contributed by atoms with E-state index in [4.69, 9.17) is 26.8 Å². The third-order valence-corrected chi connectivity index (χ3v) is 3.68. The van der Waals surface area contributed by atoms with Crippen LogP contribution in [0.15, 0.2) is 23.1 Å². The van der Waals surface area contributed by atoms with Gasteiger partial charge in [0.05, 0.1) is 11.5 Å². The monoisotopic (exact) mass is 354 g/mol. The summed E-state index contributed by atoms with van der Waals surface area (Å²) in [7, 11) is 0. The SMILES string of the molecule is CCOc1cc(/C=C(\SC(C)=S)C(C)=O)ccc1OCC(=O)O. The van der Waals surface area contributed by atoms with Crippen molar-refractivity contribution in [3.8, 4) is 11.5 Å². The zero-order valence-electron chi connectivity index (χ0n) is 13.1. The maximum Gasteiger partial charge on any atom is 0.341 e. The van der Waals surface area contributed by atoms with E-state index in [0.29, 0.717) is 27.2 Å². The summed E-state index contributed by atoms with van der Waals surface area (Å²) < 4.78 is 11.3. The largest absolute Gasteiger partial charge is 0.490 e. The van der Waals surface area contributed by atoms with E-state index in [-0.39, 0.29) is 5.78 Å². The molecule has 7 heteroatoms. The second-order valence-corrected chi connectivity index (χ2v) is 6.61. The highest BCUT2D eigenvalue weighted by Gasteiger charge is 2.10. The number of thioether (sulfide) groups is 1. The number of aliphatic carboxylic acids is 1. The van der Waals surface area contributed by atoms with Crippen molar-refractivity contribution in [3.63, 3.8) is 0 Å². The average Bonchev–Trinajstić information content (AvgIpc) is 2.45. The first kappa shape index (κ1) is 19.2. The third kappa shape index (κ3) is 6.83. The van der Waals surface area contributed by atoms with Crippen molar-refractivity contribution in [1.29, 1.82) is 0 Å². The van der Waals surface area contributed by atoms with Crippen molar-refractivity contribution < 1.29 is 24.2 Å². The summed E-state index contributed by atoms with van der Waals surface area (Å²) in [5.74, 6) is -0.379. The molecule has 0 radical (unpaired) electrons. The lowest BCUT2D eigenvalue weighted by atomic mass is 10.1. The van der Waals surface area contributed by atoms with Crippen LogP contribution < -0.4 is 9.47 Å². The van der Waals surface area contributed by atoms with E-state index in [1.807, 2.05) is 6.92 Å². The van der Waals surface area contributed by atoms with Crippen LogP contribution in [-0.2, 0) is 9.59 Å². The second-order valence-electron chi connectivity index (χ2n) is 4.48. The highest BCUT2D eigenvalue weighted by Crippen LogP contribution is 2.30. The Morgan fingerprint density at radius 1 is 1.26 bits per heavy atom. The van der Waals surface area contributed by atoms with Crippen LogP contribution in [0, 0.1) is 0 Å². The summed E-state index contributed by atoms with van der Waals surface area (Å²) >= 11 is 6.26. The Morgan fingerprint density at radius 2 is 1.96 bits per heavy atom. The predicted octanol–water partition coefficient (Wildman–Crippen LogP) is 3.56. The van der Waals surface area contributed by atoms with Crippen LogP contribution >= 0.6 is 24.0 Å². The van der Waals surface area contributed by atoms with Crippen molar-refractivity contribution in [2.24, 2.45) is 0 Å². The molecule has 0 aliphatic heterocycles. The molecule has 0 aromatic heterocycles. The number of hydrogen-bond acceptors (Lipinski definition) is 6. The van der Waals surface area contributed by atoms with Gasteiger partial charge in [0.15, 0.2) is 23.9 Å². The van der Waals surface area contributed by atoms with Crippen LogP contribution in [0.25, 0.3) is 6.08 Å². The van der Waals surface area contributed by atoms with Crippen LogP contribution in [0.3, 0.4) is 0 Å². The van der Waals surface area contributed by atoms with E-state index in [2.05, 4.69) is 0 Å². The number of ketones is 1. The molecule has 0 amide bonds. The Hall–Kier alpha value is -1.86. The molecule has 0 saturated heterocycles. The quantitative estimate of drug-likeness (QED) is 0.565. The fourth-order valence-corrected chi connectivity index (χ4v) is 2.57. The summed E-state index contributed by atoms with van der Waals surface area (Å²) in [4.78, 5) is 22.8. The minimum absolute atomic E-state index is 0.0802. The van der Waals surface area contributed by atoms with Gasteiger partial charge in [0, 0.05) is 4.20 Å². The number of carboxylic acids is 1. The predicted molar refractivity (Wildman–Crippen MR) is 95.3 cm³/mol. The Labute approximate surface area is 144 Å². The Bertz CT molecular complexity index is 637. The highest BCUT2D eigenvalue weighted by atomic mass is 32.2. The average molecular weight is 354 g/mol. The standard InChI is InChI=1S/C16H18O5S2/c1-4-20-14-7-12(5-6-13(14)21-9-16(18)19)8-15(10(2)17)23-11(3)22/h5-8H,4,9H2,1-3H3,(H,18,19)/b15-8-. The molecular weight excluding hydrogens is 336 g/mol. The maximum absolute atomic E-state index is 11.7. The minimum atomic E-state index is -1.07. The molecule has 0 atom stereocenters. The van der Waals surface area contributed by atoms with Crippen LogP contribution in [0.5, 0.6) is 11.5 Å². The molecule has 124 valence electrons. The zero-order valence-corrected chi connectivity index (χ0v) is 14.8. The number of thiocarbonyl (C=S) groups is 1. The summed E-state index contributed by atoms with van der Waals surface area (Å²) in [6, 6.07) is 5.04. The molecule has 0 spiro atoms. The lowest BCUT2D eigenvalue weighted by Crippen LogP contribution is -2.10. The molecule has 1 N–H and O–H groups in total. The van der Waals surface area contributed by atoms with Crippen LogP contribution in [0.4, 0.5) is 0 Å². The van der Waals surface area contributed by atoms with E-state index < -0.39 is 12.6 Å². The normalized spacial score (nSPS) is 11.0. The van der Waals surface area contributed by atoms with E-state index in [1.165, 1.54) is 18.7 Å². The molecular formula is C16H18O5S2. The van der Waals surface area contributed by atoms with Crippen molar-refractivity contribution in [2.45, 2.75) is 20.8 Å². The molecule has 0 heterocycles. The molecule has 0 aliphatic carbocycles. The molecule has 0 saturated carbocycles. The van der Waals surface area contributed by atoms with Crippen LogP contribution in [0.2, 0.25) is 0 Å². The van der Waals surface area contributed by atoms with Gasteiger partial charge >= 0.3 is 5.97 Å². The maximum atomic E-state index is 11.7. The second kappa shape index (κ2) is 9.32. The number of allylic oxidation sites excluding steroid dienone is 1. The topological polar surface area (TPSA) is 72.8 Å². The molecule has 23 heavy (non-hydrogen) atoms. The van der Waals surface area contributed by atoms with Gasteiger partial charge < -0.3 is 14.6 Å². The summed E-state index contributed by atoms with van der Waals surface area (Å²) in [6.45, 7) is 5.00. The number of carbonyl (C=O) groups excluding carboxylic acids is 1. The van der Waals surface area contributed by atoms with Crippen LogP contribution in [0.1, 0.15) is 26.3 Å². The molecule has 1 rings (SSSR count). The van der Waals surface area contributed by atoms with Crippen molar-refractivity contribution >= 4 is 46.0 Å². The van der Waals surface area contributed by atoms with E-state index >= 15 is 0 Å². The minimum Gasteiger partial charge on any atom is -0.490 e. The lowest BCUT2D eigenvalue weighted by Gasteiger charge is -2.11. The van der Waals surface area contributed by atoms with Crippen molar-refractivity contribution in [3.05, 3.63) is 28.7 Å². The van der Waals surface area contributed by atoms with Gasteiger partial charge in [-0.05, 0) is 44.5 Å². The number of benzene rings is 1. The summed E-state index contributed by atoms with van der Waals surface area (Å²) in [5.41, 5.74) is 0.741. The Kier molecular flexibility index (Phi) is 7.77. The van der Waals surface area contributed by atoms with E-state index in [0.717, 1.165) is 5.56 Å². The van der Waals surface area contributed by atoms with Gasteiger partial charge in [0.1, 0.15) is 0 Å². The first-order chi connectivity index (χ1) is 10.8. The fraction of sp³-hybridized carbons (Fsp3) is 0.312. The van der Waals surface area contributed by atoms with Crippen molar-refractivity contribution in [2.75, 3.05) is 13.2 Å². The van der Waals surface area contributed by atoms with Crippen molar-refractivity contribution in [1.82, 2.24) is 0 Å². The molecule has 0 aliphatic rings. The molecule has 0 fully saturated rings. The molecule has 0 unspecified atom stereocenters. The number of carboxylic acid groups (broad SMARTS) is 1. The van der Waals surface area contributed by atoms with Gasteiger partial charge in [-0.2, -0.15) is 0 Å². The molecule has 0 bridgehead atoms. The van der Waals surface area contributed by atoms with Crippen LogP contribution in [-0.4, -0.2) is 34.3 Å². The van der Waals surface area contributed by atoms with E-state index in [9.17, 15) is 9.59 Å². The van der Waals surface area contributed by atoms with E-state index in [1.54, 1.807) is 31.2 Å². The molecule has 1 aromatic rings. The molecule has 5 nitrogen and oxygen atoms in total. The Balaban J connectivity index is 3.12. The summed E-state index contributed by atoms with van der Waals surface area (Å²) in [6.07, 6.45) is 1.71. The smallest absolute Gasteiger partial charge is 0.341 e. The van der Waals surface area contributed by atoms with Gasteiger partial charge in [-0.25, -0.2) is 4.79 Å². The number of hydrogen-bond donors (Lipinski definition) is 1. The van der Waals surface area contributed by atoms with Gasteiger partial charge in [-0.15, -0.1) is 0 Å². The lowest BCUT2D eigenvalue weighted by molar-refractivity contribution is -0.139. The van der Waals surface area contributed by atoms with Gasteiger partial charge in [-0.1, -0.05) is 30.0 Å². The number of ether oxygens (including phenoxy) is 2. The fourth-order valence-electron chi connectivity index (χ4n) is 1.65. The molecule has 1 aromatic carbocycles. The van der Waals surface area contributed by atoms with Gasteiger partial charge in [-0.3, -0.25) is 4.79 Å². The first-order valence-corrected chi connectivity index (χ1v) is 8.08. The highest BCUT2D eigenvalue weighted by molar-refractivity contribution is 8.26. The first-order valence-electron chi connectivity index (χ1n) is 6.86. The van der Waals surface area contributed by atoms with Gasteiger partial charge in [0.25, 0.3) is 0 Å². The number of carbonyl (C=O) groups is 2. The van der Waals surface area contributed by atoms with Gasteiger partial charge in [0.2, 0.25) is 0 Å². The third-order valence-electron chi connectivity index (χ3n) is 2.52. The number of rotatable bonds is 8. The zero-order chi connectivity index (χ0) is 17.4.